The average Bonchev–Trinajstić information content (AvgIpc) is 2.22. The van der Waals surface area contributed by atoms with Crippen LogP contribution in [0, 0.1) is 0 Å². The number of ether oxygens (including phenoxy) is 2. The number of nitrogens with one attached hydrogen (secondary N) is 1. The number of nitrogens with zero attached hydrogens (tertiary/aromatic N) is 1. The van der Waals surface area contributed by atoms with Crippen LogP contribution in [-0.2, 0) is 0 Å². The first-order valence-corrected chi connectivity index (χ1v) is 5.69. The van der Waals surface area contributed by atoms with Crippen molar-refractivity contribution in [3.8, 4) is 11.6 Å². The third-order valence-electron chi connectivity index (χ3n) is 1.95. The van der Waals surface area contributed by atoms with E-state index in [1.54, 1.807) is 6.20 Å². The summed E-state index contributed by atoms with van der Waals surface area (Å²) in [5.41, 5.74) is 0.837. The topological polar surface area (TPSA) is 43.4 Å². The van der Waals surface area contributed by atoms with Crippen LogP contribution in [0.2, 0.25) is 0 Å². The van der Waals surface area contributed by atoms with E-state index in [1.807, 2.05) is 13.8 Å². The van der Waals surface area contributed by atoms with Gasteiger partial charge in [0.05, 0.1) is 10.6 Å². The van der Waals surface area contributed by atoms with Gasteiger partial charge in [-0.15, -0.1) is 0 Å². The molecule has 1 aliphatic heterocycles. The zero-order valence-corrected chi connectivity index (χ0v) is 10.3. The van der Waals surface area contributed by atoms with Crippen LogP contribution < -0.4 is 14.8 Å². The molecule has 0 aromatic carbocycles. The fourth-order valence-electron chi connectivity index (χ4n) is 1.39. The zero-order chi connectivity index (χ0) is 10.8. The number of pyridine rings is 1. The van der Waals surface area contributed by atoms with E-state index in [4.69, 9.17) is 9.47 Å². The second-order valence-corrected chi connectivity index (χ2v) is 4.41. The molecule has 5 heteroatoms. The molecule has 0 unspecified atom stereocenters. The Morgan fingerprint density at radius 2 is 2.40 bits per heavy atom. The van der Waals surface area contributed by atoms with E-state index in [1.165, 1.54) is 0 Å². The largest absolute Gasteiger partial charge is 0.487 e. The maximum atomic E-state index is 5.71. The second-order valence-electron chi connectivity index (χ2n) is 3.56. The summed E-state index contributed by atoms with van der Waals surface area (Å²) >= 11 is 3.42. The minimum atomic E-state index is 0.122. The van der Waals surface area contributed by atoms with Gasteiger partial charge in [-0.3, -0.25) is 0 Å². The molecule has 82 valence electrons. The van der Waals surface area contributed by atoms with Crippen molar-refractivity contribution in [3.63, 3.8) is 0 Å². The van der Waals surface area contributed by atoms with Crippen molar-refractivity contribution in [1.82, 2.24) is 4.98 Å². The van der Waals surface area contributed by atoms with Crippen LogP contribution in [0.25, 0.3) is 0 Å². The van der Waals surface area contributed by atoms with Gasteiger partial charge in [0, 0.05) is 12.7 Å². The first kappa shape index (κ1) is 10.5. The molecule has 0 spiro atoms. The highest BCUT2D eigenvalue weighted by Crippen LogP contribution is 2.40. The summed E-state index contributed by atoms with van der Waals surface area (Å²) in [7, 11) is 0. The molecule has 0 atom stereocenters. The van der Waals surface area contributed by atoms with Gasteiger partial charge in [0.1, 0.15) is 12.3 Å². The fraction of sp³-hybridized carbons (Fsp3) is 0.500. The minimum Gasteiger partial charge on any atom is -0.487 e. The number of halogens is 1. The van der Waals surface area contributed by atoms with Crippen molar-refractivity contribution in [3.05, 3.63) is 10.7 Å². The fourth-order valence-corrected chi connectivity index (χ4v) is 1.79. The van der Waals surface area contributed by atoms with Gasteiger partial charge in [0.15, 0.2) is 5.75 Å². The summed E-state index contributed by atoms with van der Waals surface area (Å²) in [5.74, 6) is 1.38. The van der Waals surface area contributed by atoms with E-state index in [-0.39, 0.29) is 6.10 Å². The molecule has 15 heavy (non-hydrogen) atoms. The summed E-state index contributed by atoms with van der Waals surface area (Å²) in [6, 6.07) is 0. The lowest BCUT2D eigenvalue weighted by molar-refractivity contribution is 0.237. The summed E-state index contributed by atoms with van der Waals surface area (Å²) < 4.78 is 12.0. The third kappa shape index (κ3) is 2.17. The molecule has 0 aliphatic carbocycles. The molecule has 1 aliphatic rings. The van der Waals surface area contributed by atoms with Crippen LogP contribution in [0.1, 0.15) is 13.8 Å². The van der Waals surface area contributed by atoms with E-state index in [0.717, 1.165) is 22.5 Å². The maximum Gasteiger partial charge on any atom is 0.241 e. The van der Waals surface area contributed by atoms with E-state index >= 15 is 0 Å². The first-order valence-electron chi connectivity index (χ1n) is 4.90. The van der Waals surface area contributed by atoms with E-state index < -0.39 is 0 Å². The maximum absolute atomic E-state index is 5.71. The summed E-state index contributed by atoms with van der Waals surface area (Å²) in [5, 5.41) is 3.23. The summed E-state index contributed by atoms with van der Waals surface area (Å²) in [6.45, 7) is 5.40. The molecule has 2 heterocycles. The number of hydrogen-bond donors (Lipinski definition) is 1. The van der Waals surface area contributed by atoms with Crippen LogP contribution in [0.5, 0.6) is 11.6 Å². The number of hydrogen-bond acceptors (Lipinski definition) is 4. The second kappa shape index (κ2) is 4.26. The Bertz CT molecular complexity index is 369. The molecular formula is C10H13BrN2O2. The highest BCUT2D eigenvalue weighted by Gasteiger charge is 2.19. The Labute approximate surface area is 97.1 Å². The monoisotopic (exact) mass is 272 g/mol. The number of fused-ring (bicyclic) bond motifs is 1. The Balaban J connectivity index is 2.41. The van der Waals surface area contributed by atoms with Gasteiger partial charge in [-0.25, -0.2) is 4.98 Å². The molecular weight excluding hydrogens is 260 g/mol. The van der Waals surface area contributed by atoms with Crippen molar-refractivity contribution < 1.29 is 9.47 Å². The summed E-state index contributed by atoms with van der Waals surface area (Å²) in [4.78, 5) is 4.18. The number of rotatable bonds is 2. The third-order valence-corrected chi connectivity index (χ3v) is 2.51. The normalized spacial score (nSPS) is 14.1. The van der Waals surface area contributed by atoms with Gasteiger partial charge in [-0.1, -0.05) is 0 Å². The summed E-state index contributed by atoms with van der Waals surface area (Å²) in [6.07, 6.45) is 1.82. The van der Waals surface area contributed by atoms with Gasteiger partial charge in [0.25, 0.3) is 0 Å². The van der Waals surface area contributed by atoms with Crippen LogP contribution >= 0.6 is 15.9 Å². The Morgan fingerprint density at radius 3 is 3.13 bits per heavy atom. The predicted molar refractivity (Wildman–Crippen MR) is 61.7 cm³/mol. The Morgan fingerprint density at radius 1 is 1.60 bits per heavy atom. The molecule has 0 fully saturated rings. The van der Waals surface area contributed by atoms with Crippen LogP contribution in [-0.4, -0.2) is 24.2 Å². The first-order chi connectivity index (χ1) is 7.18. The lowest BCUT2D eigenvalue weighted by Gasteiger charge is -2.22. The lowest BCUT2D eigenvalue weighted by Crippen LogP contribution is -2.20. The van der Waals surface area contributed by atoms with Gasteiger partial charge >= 0.3 is 0 Å². The van der Waals surface area contributed by atoms with Crippen molar-refractivity contribution >= 4 is 21.6 Å². The van der Waals surface area contributed by atoms with Gasteiger partial charge < -0.3 is 14.8 Å². The quantitative estimate of drug-likeness (QED) is 0.898. The molecule has 1 N–H and O–H groups in total. The predicted octanol–water partition coefficient (Wildman–Crippen LogP) is 2.44. The van der Waals surface area contributed by atoms with Crippen LogP contribution in [0.15, 0.2) is 10.7 Å². The van der Waals surface area contributed by atoms with Gasteiger partial charge in [-0.2, -0.15) is 0 Å². The number of aromatic nitrogens is 1. The van der Waals surface area contributed by atoms with Crippen molar-refractivity contribution in [2.45, 2.75) is 20.0 Å². The van der Waals surface area contributed by atoms with Gasteiger partial charge in [0.2, 0.25) is 5.88 Å². The SMILES string of the molecule is CC(C)Oc1c(Br)cnc2c1NCCO2. The zero-order valence-electron chi connectivity index (χ0n) is 8.71. The van der Waals surface area contributed by atoms with E-state index in [0.29, 0.717) is 12.5 Å². The molecule has 0 bridgehead atoms. The molecule has 1 aromatic heterocycles. The molecule has 1 aromatic rings. The average molecular weight is 273 g/mol. The Hall–Kier alpha value is -0.970. The highest BCUT2D eigenvalue weighted by molar-refractivity contribution is 9.10. The molecule has 4 nitrogen and oxygen atoms in total. The van der Waals surface area contributed by atoms with E-state index in [2.05, 4.69) is 26.2 Å². The lowest BCUT2D eigenvalue weighted by atomic mass is 10.3. The van der Waals surface area contributed by atoms with E-state index in [9.17, 15) is 0 Å². The van der Waals surface area contributed by atoms with Crippen LogP contribution in [0.3, 0.4) is 0 Å². The Kier molecular flexibility index (Phi) is 3.00. The highest BCUT2D eigenvalue weighted by atomic mass is 79.9. The molecule has 0 amide bonds. The number of anilines is 1. The molecule has 0 saturated carbocycles. The van der Waals surface area contributed by atoms with Crippen molar-refractivity contribution in [1.29, 1.82) is 0 Å². The molecule has 0 radical (unpaired) electrons. The van der Waals surface area contributed by atoms with Crippen molar-refractivity contribution in [2.24, 2.45) is 0 Å². The van der Waals surface area contributed by atoms with Gasteiger partial charge in [-0.05, 0) is 29.8 Å². The van der Waals surface area contributed by atoms with Crippen molar-refractivity contribution in [2.75, 3.05) is 18.5 Å². The smallest absolute Gasteiger partial charge is 0.241 e. The van der Waals surface area contributed by atoms with Crippen LogP contribution in [0.4, 0.5) is 5.69 Å². The standard InChI is InChI=1S/C10H13BrN2O2/c1-6(2)15-9-7(11)5-13-10-8(9)12-3-4-14-10/h5-6,12H,3-4H2,1-2H3. The molecule has 0 saturated heterocycles. The minimum absolute atomic E-state index is 0.122. The molecule has 2 rings (SSSR count).